The van der Waals surface area contributed by atoms with Crippen molar-refractivity contribution in [3.05, 3.63) is 29.6 Å². The van der Waals surface area contributed by atoms with Crippen molar-refractivity contribution in [3.8, 4) is 0 Å². The predicted molar refractivity (Wildman–Crippen MR) is 64.8 cm³/mol. The number of likely N-dealkylation sites (N-methyl/N-ethyl adjacent to an activating group) is 1. The standard InChI is InChI=1S/C10H12FN3OS/c1-13-8(15)5-14-7-4-2-3-6(11)9(7)10(12)16/h2-4,14H,5H2,1H3,(H2,12,16)(H,13,15). The van der Waals surface area contributed by atoms with Crippen molar-refractivity contribution in [2.45, 2.75) is 0 Å². The summed E-state index contributed by atoms with van der Waals surface area (Å²) in [4.78, 5) is 11.0. The zero-order valence-electron chi connectivity index (χ0n) is 8.71. The number of anilines is 1. The van der Waals surface area contributed by atoms with E-state index in [9.17, 15) is 9.18 Å². The van der Waals surface area contributed by atoms with Gasteiger partial charge in [0.1, 0.15) is 10.8 Å². The summed E-state index contributed by atoms with van der Waals surface area (Å²) < 4.78 is 13.4. The highest BCUT2D eigenvalue weighted by Gasteiger charge is 2.11. The summed E-state index contributed by atoms with van der Waals surface area (Å²) in [5, 5.41) is 5.21. The van der Waals surface area contributed by atoms with Crippen LogP contribution in [0.2, 0.25) is 0 Å². The minimum absolute atomic E-state index is 0.0373. The second kappa shape index (κ2) is 5.41. The van der Waals surface area contributed by atoms with Gasteiger partial charge in [-0.3, -0.25) is 4.79 Å². The van der Waals surface area contributed by atoms with Crippen LogP contribution in [0.15, 0.2) is 18.2 Å². The van der Waals surface area contributed by atoms with Gasteiger partial charge in [-0.25, -0.2) is 4.39 Å². The number of halogens is 1. The van der Waals surface area contributed by atoms with Crippen LogP contribution in [-0.2, 0) is 4.79 Å². The van der Waals surface area contributed by atoms with Gasteiger partial charge in [-0.1, -0.05) is 18.3 Å². The highest BCUT2D eigenvalue weighted by molar-refractivity contribution is 7.80. The van der Waals surface area contributed by atoms with Crippen molar-refractivity contribution < 1.29 is 9.18 Å². The summed E-state index contributed by atoms with van der Waals surface area (Å²) in [6.45, 7) is 0.0373. The summed E-state index contributed by atoms with van der Waals surface area (Å²) in [6.07, 6.45) is 0. The second-order valence-corrected chi connectivity index (χ2v) is 3.49. The number of nitrogens with two attached hydrogens (primary N) is 1. The van der Waals surface area contributed by atoms with Crippen LogP contribution in [0.5, 0.6) is 0 Å². The molecule has 1 aromatic carbocycles. The van der Waals surface area contributed by atoms with E-state index in [-0.39, 0.29) is 23.0 Å². The first-order chi connectivity index (χ1) is 7.56. The first kappa shape index (κ1) is 12.4. The number of carbonyl (C=O) groups excluding carboxylic acids is 1. The van der Waals surface area contributed by atoms with Crippen molar-refractivity contribution in [2.24, 2.45) is 5.73 Å². The van der Waals surface area contributed by atoms with Crippen LogP contribution >= 0.6 is 12.2 Å². The molecule has 0 aliphatic heterocycles. The quantitative estimate of drug-likeness (QED) is 0.676. The van der Waals surface area contributed by atoms with E-state index in [1.54, 1.807) is 6.07 Å². The maximum atomic E-state index is 13.4. The highest BCUT2D eigenvalue weighted by atomic mass is 32.1. The molecular weight excluding hydrogens is 229 g/mol. The van der Waals surface area contributed by atoms with Gasteiger partial charge in [0.15, 0.2) is 0 Å². The number of rotatable bonds is 4. The maximum Gasteiger partial charge on any atom is 0.239 e. The van der Waals surface area contributed by atoms with Crippen LogP contribution in [0.1, 0.15) is 5.56 Å². The molecule has 86 valence electrons. The van der Waals surface area contributed by atoms with E-state index < -0.39 is 5.82 Å². The Bertz CT molecular complexity index is 423. The number of thiocarbonyl (C=S) groups is 1. The van der Waals surface area contributed by atoms with Gasteiger partial charge in [0.2, 0.25) is 5.91 Å². The molecule has 0 fully saturated rings. The van der Waals surface area contributed by atoms with Crippen LogP contribution in [0.3, 0.4) is 0 Å². The molecule has 4 N–H and O–H groups in total. The van der Waals surface area contributed by atoms with Crippen LogP contribution in [0, 0.1) is 5.82 Å². The minimum atomic E-state index is -0.505. The molecule has 0 saturated carbocycles. The Morgan fingerprint density at radius 1 is 1.56 bits per heavy atom. The topological polar surface area (TPSA) is 67.2 Å². The Labute approximate surface area is 98.0 Å². The molecule has 1 amide bonds. The molecule has 0 aliphatic carbocycles. The molecule has 0 aromatic heterocycles. The molecule has 6 heteroatoms. The molecule has 0 radical (unpaired) electrons. The van der Waals surface area contributed by atoms with Crippen LogP contribution in [0.25, 0.3) is 0 Å². The fourth-order valence-corrected chi connectivity index (χ4v) is 1.39. The monoisotopic (exact) mass is 241 g/mol. The SMILES string of the molecule is CNC(=O)CNc1cccc(F)c1C(N)=S. The molecule has 4 nitrogen and oxygen atoms in total. The smallest absolute Gasteiger partial charge is 0.239 e. The lowest BCUT2D eigenvalue weighted by Crippen LogP contribution is -2.27. The third kappa shape index (κ3) is 2.90. The van der Waals surface area contributed by atoms with E-state index in [1.807, 2.05) is 0 Å². The zero-order chi connectivity index (χ0) is 12.1. The fourth-order valence-electron chi connectivity index (χ4n) is 1.19. The Kier molecular flexibility index (Phi) is 4.19. The lowest BCUT2D eigenvalue weighted by atomic mass is 10.1. The van der Waals surface area contributed by atoms with Crippen molar-refractivity contribution >= 4 is 28.8 Å². The molecule has 0 aliphatic rings. The van der Waals surface area contributed by atoms with Gasteiger partial charge in [-0.05, 0) is 12.1 Å². The number of carbonyl (C=O) groups is 1. The van der Waals surface area contributed by atoms with Gasteiger partial charge in [0, 0.05) is 12.7 Å². The molecule has 0 spiro atoms. The zero-order valence-corrected chi connectivity index (χ0v) is 9.53. The van der Waals surface area contributed by atoms with Crippen molar-refractivity contribution in [2.75, 3.05) is 18.9 Å². The molecule has 16 heavy (non-hydrogen) atoms. The average Bonchev–Trinajstić information content (AvgIpc) is 2.25. The third-order valence-corrected chi connectivity index (χ3v) is 2.18. The van der Waals surface area contributed by atoms with Gasteiger partial charge >= 0.3 is 0 Å². The van der Waals surface area contributed by atoms with Crippen molar-refractivity contribution in [1.82, 2.24) is 5.32 Å². The molecule has 0 bridgehead atoms. The minimum Gasteiger partial charge on any atom is -0.389 e. The van der Waals surface area contributed by atoms with Crippen molar-refractivity contribution in [3.63, 3.8) is 0 Å². The normalized spacial score (nSPS) is 9.62. The first-order valence-corrected chi connectivity index (χ1v) is 5.00. The molecule has 0 atom stereocenters. The van der Waals surface area contributed by atoms with Gasteiger partial charge < -0.3 is 16.4 Å². The van der Waals surface area contributed by atoms with E-state index in [0.29, 0.717) is 5.69 Å². The van der Waals surface area contributed by atoms with Crippen LogP contribution in [-0.4, -0.2) is 24.5 Å². The van der Waals surface area contributed by atoms with Gasteiger partial charge in [-0.2, -0.15) is 0 Å². The largest absolute Gasteiger partial charge is 0.389 e. The summed E-state index contributed by atoms with van der Waals surface area (Å²) in [5.74, 6) is -0.715. The summed E-state index contributed by atoms with van der Waals surface area (Å²) in [5.41, 5.74) is 5.94. The molecular formula is C10H12FN3OS. The van der Waals surface area contributed by atoms with E-state index in [2.05, 4.69) is 10.6 Å². The fraction of sp³-hybridized carbons (Fsp3) is 0.200. The Morgan fingerprint density at radius 2 is 2.25 bits per heavy atom. The maximum absolute atomic E-state index is 13.4. The Hall–Kier alpha value is -1.69. The summed E-state index contributed by atoms with van der Waals surface area (Å²) >= 11 is 4.74. The molecule has 1 rings (SSSR count). The van der Waals surface area contributed by atoms with E-state index in [0.717, 1.165) is 0 Å². The van der Waals surface area contributed by atoms with E-state index >= 15 is 0 Å². The van der Waals surface area contributed by atoms with Gasteiger partial charge in [0.25, 0.3) is 0 Å². The lowest BCUT2D eigenvalue weighted by Gasteiger charge is -2.11. The highest BCUT2D eigenvalue weighted by Crippen LogP contribution is 2.18. The number of hydrogen-bond acceptors (Lipinski definition) is 3. The third-order valence-electron chi connectivity index (χ3n) is 1.98. The Balaban J connectivity index is 2.91. The first-order valence-electron chi connectivity index (χ1n) is 4.59. The Morgan fingerprint density at radius 3 is 2.81 bits per heavy atom. The lowest BCUT2D eigenvalue weighted by molar-refractivity contribution is -0.118. The molecule has 0 heterocycles. The van der Waals surface area contributed by atoms with Crippen LogP contribution in [0.4, 0.5) is 10.1 Å². The van der Waals surface area contributed by atoms with E-state index in [1.165, 1.54) is 19.2 Å². The van der Waals surface area contributed by atoms with E-state index in [4.69, 9.17) is 18.0 Å². The summed E-state index contributed by atoms with van der Waals surface area (Å²) in [7, 11) is 1.52. The molecule has 0 unspecified atom stereocenters. The predicted octanol–water partition coefficient (Wildman–Crippen LogP) is 0.618. The van der Waals surface area contributed by atoms with Crippen LogP contribution < -0.4 is 16.4 Å². The number of nitrogens with one attached hydrogen (secondary N) is 2. The van der Waals surface area contributed by atoms with Crippen molar-refractivity contribution in [1.29, 1.82) is 0 Å². The van der Waals surface area contributed by atoms with Gasteiger partial charge in [-0.15, -0.1) is 0 Å². The van der Waals surface area contributed by atoms with Gasteiger partial charge in [0.05, 0.1) is 12.1 Å². The number of benzene rings is 1. The average molecular weight is 241 g/mol. The number of hydrogen-bond donors (Lipinski definition) is 3. The number of amides is 1. The second-order valence-electron chi connectivity index (χ2n) is 3.05. The molecule has 1 aromatic rings. The molecule has 0 saturated heterocycles. The summed E-state index contributed by atoms with van der Waals surface area (Å²) in [6, 6.07) is 4.39.